The van der Waals surface area contributed by atoms with Crippen molar-refractivity contribution in [2.75, 3.05) is 6.61 Å². The molecule has 1 atom stereocenters. The van der Waals surface area contributed by atoms with E-state index in [2.05, 4.69) is 13.5 Å². The van der Waals surface area contributed by atoms with E-state index in [-0.39, 0.29) is 0 Å². The Kier molecular flexibility index (Phi) is 9.45. The van der Waals surface area contributed by atoms with Crippen LogP contribution in [-0.4, -0.2) is 20.3 Å². The zero-order valence-corrected chi connectivity index (χ0v) is 14.7. The fourth-order valence-electron chi connectivity index (χ4n) is 3.01. The molecule has 0 bridgehead atoms. The van der Waals surface area contributed by atoms with Crippen LogP contribution in [0.1, 0.15) is 84.0 Å². The lowest BCUT2D eigenvalue weighted by atomic mass is 10.1. The van der Waals surface area contributed by atoms with Crippen molar-refractivity contribution in [1.82, 2.24) is 0 Å². The average molecular weight is 299 g/mol. The standard InChI is InChI=1S/C17H34O2Si/c1-3-4-5-6-7-8-9-10-11-14-17(18)20(2)16-13-12-15-19-20/h3-16H2,1-2H3. The van der Waals surface area contributed by atoms with E-state index >= 15 is 0 Å². The van der Waals surface area contributed by atoms with Crippen molar-refractivity contribution in [3.05, 3.63) is 0 Å². The largest absolute Gasteiger partial charge is 0.409 e. The smallest absolute Gasteiger partial charge is 0.261 e. The summed E-state index contributed by atoms with van der Waals surface area (Å²) in [5.74, 6) is 0. The van der Waals surface area contributed by atoms with Crippen molar-refractivity contribution in [3.8, 4) is 0 Å². The van der Waals surface area contributed by atoms with E-state index in [9.17, 15) is 4.79 Å². The van der Waals surface area contributed by atoms with Gasteiger partial charge in [0.05, 0.1) is 0 Å². The van der Waals surface area contributed by atoms with E-state index < -0.39 is 8.32 Å². The second kappa shape index (κ2) is 10.6. The lowest BCUT2D eigenvalue weighted by Crippen LogP contribution is -2.46. The van der Waals surface area contributed by atoms with Gasteiger partial charge in [-0.3, -0.25) is 0 Å². The van der Waals surface area contributed by atoms with Crippen molar-refractivity contribution in [3.63, 3.8) is 0 Å². The summed E-state index contributed by atoms with van der Waals surface area (Å²) in [7, 11) is -1.97. The van der Waals surface area contributed by atoms with Crippen molar-refractivity contribution in [2.45, 2.75) is 96.6 Å². The first-order valence-corrected chi connectivity index (χ1v) is 11.5. The normalized spacial score (nSPS) is 22.9. The molecule has 1 aliphatic heterocycles. The summed E-state index contributed by atoms with van der Waals surface area (Å²) < 4.78 is 5.85. The fraction of sp³-hybridized carbons (Fsp3) is 0.941. The molecule has 1 aliphatic rings. The third-order valence-corrected chi connectivity index (χ3v) is 8.14. The SMILES string of the molecule is CCCCCCCCCCCC(=O)[Si]1(C)CCCCO1. The molecule has 0 aromatic heterocycles. The Morgan fingerprint density at radius 1 is 0.950 bits per heavy atom. The highest BCUT2D eigenvalue weighted by Gasteiger charge is 2.38. The van der Waals surface area contributed by atoms with E-state index in [4.69, 9.17) is 4.43 Å². The van der Waals surface area contributed by atoms with Gasteiger partial charge in [-0.25, -0.2) is 0 Å². The molecule has 3 heteroatoms. The van der Waals surface area contributed by atoms with Gasteiger partial charge in [-0.05, 0) is 25.4 Å². The first-order valence-electron chi connectivity index (χ1n) is 8.86. The van der Waals surface area contributed by atoms with Crippen LogP contribution in [0.25, 0.3) is 0 Å². The predicted octanol–water partition coefficient (Wildman–Crippen LogP) is 5.40. The molecule has 0 aromatic rings. The number of rotatable bonds is 11. The van der Waals surface area contributed by atoms with Gasteiger partial charge >= 0.3 is 0 Å². The molecule has 0 radical (unpaired) electrons. The van der Waals surface area contributed by atoms with Gasteiger partial charge in [-0.1, -0.05) is 64.7 Å². The van der Waals surface area contributed by atoms with E-state index in [0.29, 0.717) is 5.41 Å². The number of hydrogen-bond acceptors (Lipinski definition) is 2. The monoisotopic (exact) mass is 298 g/mol. The van der Waals surface area contributed by atoms with Gasteiger partial charge in [-0.15, -0.1) is 0 Å². The van der Waals surface area contributed by atoms with Crippen LogP contribution >= 0.6 is 0 Å². The van der Waals surface area contributed by atoms with Gasteiger partial charge in [0.1, 0.15) is 5.41 Å². The summed E-state index contributed by atoms with van der Waals surface area (Å²) in [5, 5.41) is 0.472. The predicted molar refractivity (Wildman–Crippen MR) is 88.5 cm³/mol. The molecule has 0 N–H and O–H groups in total. The zero-order valence-electron chi connectivity index (χ0n) is 13.7. The summed E-state index contributed by atoms with van der Waals surface area (Å²) in [5.41, 5.74) is 0. The number of carbonyl (C=O) groups is 1. The van der Waals surface area contributed by atoms with E-state index in [1.807, 2.05) is 0 Å². The topological polar surface area (TPSA) is 26.3 Å². The Hall–Kier alpha value is -0.153. The summed E-state index contributed by atoms with van der Waals surface area (Å²) in [6.07, 6.45) is 15.0. The van der Waals surface area contributed by atoms with Crippen LogP contribution in [0.4, 0.5) is 0 Å². The molecule has 1 unspecified atom stereocenters. The van der Waals surface area contributed by atoms with Crippen LogP contribution in [-0.2, 0) is 9.22 Å². The number of hydrogen-bond donors (Lipinski definition) is 0. The van der Waals surface area contributed by atoms with Gasteiger partial charge in [0.2, 0.25) is 0 Å². The maximum absolute atomic E-state index is 12.3. The highest BCUT2D eigenvalue weighted by molar-refractivity contribution is 7.00. The second-order valence-corrected chi connectivity index (χ2v) is 10.3. The zero-order chi connectivity index (χ0) is 14.7. The Labute approximate surface area is 126 Å². The summed E-state index contributed by atoms with van der Waals surface area (Å²) in [6.45, 7) is 5.21. The summed E-state index contributed by atoms with van der Waals surface area (Å²) in [4.78, 5) is 12.3. The molecule has 1 heterocycles. The van der Waals surface area contributed by atoms with Crippen LogP contribution in [0.15, 0.2) is 0 Å². The van der Waals surface area contributed by atoms with Crippen LogP contribution in [0.2, 0.25) is 12.6 Å². The lowest BCUT2D eigenvalue weighted by Gasteiger charge is -2.29. The molecule has 118 valence electrons. The quantitative estimate of drug-likeness (QED) is 0.377. The Balaban J connectivity index is 1.96. The summed E-state index contributed by atoms with van der Waals surface area (Å²) >= 11 is 0. The first kappa shape index (κ1) is 17.9. The Bertz CT molecular complexity index is 260. The third kappa shape index (κ3) is 7.03. The van der Waals surface area contributed by atoms with E-state index in [0.717, 1.165) is 31.9 Å². The van der Waals surface area contributed by atoms with Crippen molar-refractivity contribution < 1.29 is 9.22 Å². The molecule has 20 heavy (non-hydrogen) atoms. The van der Waals surface area contributed by atoms with Gasteiger partial charge in [0, 0.05) is 13.0 Å². The van der Waals surface area contributed by atoms with Crippen molar-refractivity contribution in [1.29, 1.82) is 0 Å². The molecule has 0 aliphatic carbocycles. The maximum atomic E-state index is 12.3. The maximum Gasteiger partial charge on any atom is 0.261 e. The van der Waals surface area contributed by atoms with Crippen LogP contribution < -0.4 is 0 Å². The minimum Gasteiger partial charge on any atom is -0.409 e. The molecule has 0 amide bonds. The summed E-state index contributed by atoms with van der Waals surface area (Å²) in [6, 6.07) is 1.06. The fourth-order valence-corrected chi connectivity index (χ4v) is 5.82. The number of carbonyl (C=O) groups excluding carboxylic acids is 1. The second-order valence-electron chi connectivity index (χ2n) is 6.54. The van der Waals surface area contributed by atoms with Gasteiger partial charge < -0.3 is 9.22 Å². The highest BCUT2D eigenvalue weighted by Crippen LogP contribution is 2.24. The third-order valence-electron chi connectivity index (χ3n) is 4.57. The minimum absolute atomic E-state index is 0.472. The van der Waals surface area contributed by atoms with Crippen LogP contribution in [0.3, 0.4) is 0 Å². The van der Waals surface area contributed by atoms with Gasteiger partial charge in [0.15, 0.2) is 0 Å². The number of unbranched alkanes of at least 4 members (excludes halogenated alkanes) is 8. The van der Waals surface area contributed by atoms with E-state index in [1.165, 1.54) is 57.8 Å². The van der Waals surface area contributed by atoms with Gasteiger partial charge in [-0.2, -0.15) is 0 Å². The molecule has 0 saturated carbocycles. The minimum atomic E-state index is -1.97. The first-order chi connectivity index (χ1) is 9.69. The Morgan fingerprint density at radius 2 is 1.55 bits per heavy atom. The Morgan fingerprint density at radius 3 is 2.10 bits per heavy atom. The van der Waals surface area contributed by atoms with Crippen molar-refractivity contribution >= 4 is 13.7 Å². The van der Waals surface area contributed by atoms with Crippen LogP contribution in [0, 0.1) is 0 Å². The molecule has 0 aromatic carbocycles. The van der Waals surface area contributed by atoms with Gasteiger partial charge in [0.25, 0.3) is 8.32 Å². The molecular formula is C17H34O2Si. The molecule has 1 saturated heterocycles. The highest BCUT2D eigenvalue weighted by atomic mass is 28.4. The average Bonchev–Trinajstić information content (AvgIpc) is 2.46. The lowest BCUT2D eigenvalue weighted by molar-refractivity contribution is -0.114. The molecule has 2 nitrogen and oxygen atoms in total. The van der Waals surface area contributed by atoms with E-state index in [1.54, 1.807) is 0 Å². The molecule has 1 fully saturated rings. The molecule has 1 rings (SSSR count). The molecule has 0 spiro atoms. The molecular weight excluding hydrogens is 264 g/mol. The van der Waals surface area contributed by atoms with Crippen LogP contribution in [0.5, 0.6) is 0 Å². The van der Waals surface area contributed by atoms with Crippen molar-refractivity contribution in [2.24, 2.45) is 0 Å².